The number of rotatable bonds is 61. The number of carbonyl (C=O) groups excluding carboxylic acids is 3. The van der Waals surface area contributed by atoms with E-state index in [4.69, 9.17) is 14.2 Å². The molecule has 6 heteroatoms. The minimum absolute atomic E-state index is 0.0662. The van der Waals surface area contributed by atoms with Crippen molar-refractivity contribution in [3.63, 3.8) is 0 Å². The van der Waals surface area contributed by atoms with Crippen LogP contribution in [0.4, 0.5) is 0 Å². The second kappa shape index (κ2) is 62.4. The standard InChI is InChI=1S/C67H126O6/c1-4-7-10-13-16-19-22-25-27-29-31-33-35-37-39-42-45-48-51-54-57-60-66(69)72-63-64(62-71-65(68)59-56-53-50-47-44-41-24-21-18-15-12-9-6-3)73-67(70)61-58-55-52-49-46-43-40-38-36-34-32-30-28-26-23-20-17-14-11-8-5-2/h22,25,29,31,64H,4-21,23-24,26-28,30,32-63H2,1-3H3/b25-22-,31-29-. The zero-order valence-corrected chi connectivity index (χ0v) is 49.4. The van der Waals surface area contributed by atoms with Gasteiger partial charge in [-0.2, -0.15) is 0 Å². The first kappa shape index (κ1) is 70.9. The molecule has 0 spiro atoms. The van der Waals surface area contributed by atoms with E-state index in [2.05, 4.69) is 45.1 Å². The molecular formula is C67H126O6. The van der Waals surface area contributed by atoms with Crippen molar-refractivity contribution in [3.05, 3.63) is 24.3 Å². The van der Waals surface area contributed by atoms with Gasteiger partial charge in [0.25, 0.3) is 0 Å². The van der Waals surface area contributed by atoms with E-state index in [1.54, 1.807) is 0 Å². The molecule has 0 amide bonds. The van der Waals surface area contributed by atoms with Crippen molar-refractivity contribution >= 4 is 17.9 Å². The lowest BCUT2D eigenvalue weighted by atomic mass is 10.0. The summed E-state index contributed by atoms with van der Waals surface area (Å²) in [5, 5.41) is 0. The maximum absolute atomic E-state index is 12.9. The van der Waals surface area contributed by atoms with Crippen molar-refractivity contribution in [1.82, 2.24) is 0 Å². The number of esters is 3. The zero-order valence-electron chi connectivity index (χ0n) is 49.4. The maximum Gasteiger partial charge on any atom is 0.306 e. The molecular weight excluding hydrogens is 901 g/mol. The first-order valence-corrected chi connectivity index (χ1v) is 32.8. The summed E-state index contributed by atoms with van der Waals surface area (Å²) in [6, 6.07) is 0. The van der Waals surface area contributed by atoms with E-state index in [-0.39, 0.29) is 31.1 Å². The quantitative estimate of drug-likeness (QED) is 0.0261. The Morgan fingerprint density at radius 2 is 0.493 bits per heavy atom. The Kier molecular flexibility index (Phi) is 60.6. The Balaban J connectivity index is 4.27. The highest BCUT2D eigenvalue weighted by Crippen LogP contribution is 2.18. The van der Waals surface area contributed by atoms with Gasteiger partial charge in [0, 0.05) is 19.3 Å². The molecule has 0 aliphatic rings. The van der Waals surface area contributed by atoms with Crippen LogP contribution in [0.1, 0.15) is 367 Å². The summed E-state index contributed by atoms with van der Waals surface area (Å²) in [6.45, 7) is 6.70. The lowest BCUT2D eigenvalue weighted by Gasteiger charge is -2.18. The normalized spacial score (nSPS) is 12.1. The van der Waals surface area contributed by atoms with Crippen LogP contribution in [0.15, 0.2) is 24.3 Å². The van der Waals surface area contributed by atoms with Gasteiger partial charge in [-0.05, 0) is 51.4 Å². The summed E-state index contributed by atoms with van der Waals surface area (Å²) < 4.78 is 17.0. The Bertz CT molecular complexity index is 1180. The summed E-state index contributed by atoms with van der Waals surface area (Å²) >= 11 is 0. The highest BCUT2D eigenvalue weighted by atomic mass is 16.6. The average molecular weight is 1030 g/mol. The molecule has 0 fully saturated rings. The third kappa shape index (κ3) is 60.6. The van der Waals surface area contributed by atoms with Crippen molar-refractivity contribution in [3.8, 4) is 0 Å². The van der Waals surface area contributed by atoms with E-state index in [0.29, 0.717) is 19.3 Å². The summed E-state index contributed by atoms with van der Waals surface area (Å²) in [6.07, 6.45) is 74.7. The molecule has 0 aromatic rings. The average Bonchev–Trinajstić information content (AvgIpc) is 3.39. The number of unbranched alkanes of at least 4 members (excludes halogenated alkanes) is 46. The van der Waals surface area contributed by atoms with Gasteiger partial charge < -0.3 is 14.2 Å². The van der Waals surface area contributed by atoms with Crippen LogP contribution < -0.4 is 0 Å². The summed E-state index contributed by atoms with van der Waals surface area (Å²) in [5.41, 5.74) is 0. The van der Waals surface area contributed by atoms with Crippen molar-refractivity contribution in [1.29, 1.82) is 0 Å². The minimum Gasteiger partial charge on any atom is -0.462 e. The Hall–Kier alpha value is -2.11. The van der Waals surface area contributed by atoms with E-state index in [0.717, 1.165) is 64.2 Å². The monoisotopic (exact) mass is 1030 g/mol. The van der Waals surface area contributed by atoms with E-state index >= 15 is 0 Å². The van der Waals surface area contributed by atoms with Gasteiger partial charge in [0.15, 0.2) is 6.10 Å². The van der Waals surface area contributed by atoms with Crippen LogP contribution in [0.25, 0.3) is 0 Å². The molecule has 0 aliphatic heterocycles. The number of hydrogen-bond acceptors (Lipinski definition) is 6. The van der Waals surface area contributed by atoms with Gasteiger partial charge in [0.05, 0.1) is 0 Å². The van der Waals surface area contributed by atoms with Crippen LogP contribution in [0, 0.1) is 0 Å². The molecule has 0 heterocycles. The highest BCUT2D eigenvalue weighted by Gasteiger charge is 2.19. The van der Waals surface area contributed by atoms with E-state index in [1.165, 1.54) is 263 Å². The lowest BCUT2D eigenvalue weighted by Crippen LogP contribution is -2.30. The molecule has 0 aromatic carbocycles. The fraction of sp³-hybridized carbons (Fsp3) is 0.896. The molecule has 0 saturated heterocycles. The SMILES string of the molecule is CCCCCCC/C=C\C/C=C\CCCCCCCCCCCC(=O)OCC(COC(=O)CCCCCCCCCCCCCCC)OC(=O)CCCCCCCCCCCCCCCCCCCCCCC. The van der Waals surface area contributed by atoms with Crippen LogP contribution in [0.2, 0.25) is 0 Å². The van der Waals surface area contributed by atoms with Crippen LogP contribution in [-0.2, 0) is 28.6 Å². The number of carbonyl (C=O) groups is 3. The van der Waals surface area contributed by atoms with Crippen molar-refractivity contribution in [2.24, 2.45) is 0 Å². The van der Waals surface area contributed by atoms with Gasteiger partial charge in [-0.15, -0.1) is 0 Å². The maximum atomic E-state index is 12.9. The van der Waals surface area contributed by atoms with E-state index in [9.17, 15) is 14.4 Å². The van der Waals surface area contributed by atoms with Crippen molar-refractivity contribution in [2.45, 2.75) is 374 Å². The molecule has 430 valence electrons. The Morgan fingerprint density at radius 3 is 0.753 bits per heavy atom. The Labute approximate surface area is 455 Å². The second-order valence-electron chi connectivity index (χ2n) is 22.4. The molecule has 73 heavy (non-hydrogen) atoms. The van der Waals surface area contributed by atoms with Gasteiger partial charge in [-0.3, -0.25) is 14.4 Å². The first-order chi connectivity index (χ1) is 36.0. The highest BCUT2D eigenvalue weighted by molar-refractivity contribution is 5.71. The van der Waals surface area contributed by atoms with Gasteiger partial charge >= 0.3 is 17.9 Å². The zero-order chi connectivity index (χ0) is 52.9. The summed E-state index contributed by atoms with van der Waals surface area (Å²) in [5.74, 6) is -0.841. The molecule has 1 atom stereocenters. The number of hydrogen-bond donors (Lipinski definition) is 0. The molecule has 1 unspecified atom stereocenters. The van der Waals surface area contributed by atoms with Crippen LogP contribution >= 0.6 is 0 Å². The Morgan fingerprint density at radius 1 is 0.274 bits per heavy atom. The summed E-state index contributed by atoms with van der Waals surface area (Å²) in [7, 11) is 0. The second-order valence-corrected chi connectivity index (χ2v) is 22.4. The molecule has 0 radical (unpaired) electrons. The number of ether oxygens (including phenoxy) is 3. The van der Waals surface area contributed by atoms with Gasteiger partial charge in [-0.1, -0.05) is 321 Å². The van der Waals surface area contributed by atoms with Gasteiger partial charge in [0.2, 0.25) is 0 Å². The lowest BCUT2D eigenvalue weighted by molar-refractivity contribution is -0.167. The largest absolute Gasteiger partial charge is 0.462 e. The molecule has 0 aliphatic carbocycles. The van der Waals surface area contributed by atoms with Crippen molar-refractivity contribution in [2.75, 3.05) is 13.2 Å². The fourth-order valence-electron chi connectivity index (χ4n) is 10.0. The van der Waals surface area contributed by atoms with Crippen molar-refractivity contribution < 1.29 is 28.6 Å². The minimum atomic E-state index is -0.769. The first-order valence-electron chi connectivity index (χ1n) is 32.8. The third-order valence-electron chi connectivity index (χ3n) is 15.0. The number of allylic oxidation sites excluding steroid dienone is 4. The topological polar surface area (TPSA) is 78.9 Å². The molecule has 6 nitrogen and oxygen atoms in total. The van der Waals surface area contributed by atoms with Gasteiger partial charge in [-0.25, -0.2) is 0 Å². The molecule has 0 rings (SSSR count). The van der Waals surface area contributed by atoms with E-state index < -0.39 is 6.10 Å². The summed E-state index contributed by atoms with van der Waals surface area (Å²) in [4.78, 5) is 38.3. The smallest absolute Gasteiger partial charge is 0.306 e. The molecule has 0 N–H and O–H groups in total. The third-order valence-corrected chi connectivity index (χ3v) is 15.0. The van der Waals surface area contributed by atoms with Gasteiger partial charge in [0.1, 0.15) is 13.2 Å². The van der Waals surface area contributed by atoms with E-state index in [1.807, 2.05) is 0 Å². The van der Waals surface area contributed by atoms with Crippen LogP contribution in [0.3, 0.4) is 0 Å². The van der Waals surface area contributed by atoms with Crippen LogP contribution in [-0.4, -0.2) is 37.2 Å². The molecule has 0 bridgehead atoms. The molecule has 0 saturated carbocycles. The molecule has 0 aromatic heterocycles. The predicted molar refractivity (Wildman–Crippen MR) is 316 cm³/mol. The fourth-order valence-corrected chi connectivity index (χ4v) is 10.0. The van der Waals surface area contributed by atoms with Crippen LogP contribution in [0.5, 0.6) is 0 Å². The predicted octanol–water partition coefficient (Wildman–Crippen LogP) is 22.2.